The molecule has 0 aromatic heterocycles. The van der Waals surface area contributed by atoms with E-state index in [0.29, 0.717) is 22.9 Å². The summed E-state index contributed by atoms with van der Waals surface area (Å²) >= 11 is 0. The molecular formula is C29H34N4O2. The summed E-state index contributed by atoms with van der Waals surface area (Å²) in [6, 6.07) is 22.6. The van der Waals surface area contributed by atoms with Gasteiger partial charge >= 0.3 is 6.03 Å². The van der Waals surface area contributed by atoms with Gasteiger partial charge in [-0.05, 0) is 68.5 Å². The molecule has 6 nitrogen and oxygen atoms in total. The molecule has 3 aromatic rings. The van der Waals surface area contributed by atoms with Gasteiger partial charge < -0.3 is 20.9 Å². The number of piperidine rings is 1. The lowest BCUT2D eigenvalue weighted by atomic mass is 9.97. The molecule has 4 rings (SSSR count). The van der Waals surface area contributed by atoms with Crippen LogP contribution in [0.25, 0.3) is 0 Å². The van der Waals surface area contributed by atoms with Crippen molar-refractivity contribution in [3.05, 3.63) is 89.5 Å². The van der Waals surface area contributed by atoms with Crippen molar-refractivity contribution in [1.82, 2.24) is 5.32 Å². The standard InChI is InChI=1S/C29H34N4O2/c1-20-9-11-24(12-10-20)31-29(35)32-25-13-14-27(33-17-15-21(2)16-18-33)26(19-25)28(34)30-22(3)23-7-5-4-6-8-23/h4-14,19,21-22H,15-18H2,1-3H3,(H,30,34)(H2,31,32,35). The minimum absolute atomic E-state index is 0.139. The van der Waals surface area contributed by atoms with Gasteiger partial charge in [0, 0.05) is 30.2 Å². The normalized spacial score (nSPS) is 14.8. The Hall–Kier alpha value is -3.80. The van der Waals surface area contributed by atoms with Crippen molar-refractivity contribution in [2.45, 2.75) is 39.7 Å². The van der Waals surface area contributed by atoms with Crippen LogP contribution in [0.3, 0.4) is 0 Å². The van der Waals surface area contributed by atoms with E-state index in [-0.39, 0.29) is 18.0 Å². The molecule has 3 N–H and O–H groups in total. The quantitative estimate of drug-likeness (QED) is 0.392. The maximum Gasteiger partial charge on any atom is 0.323 e. The lowest BCUT2D eigenvalue weighted by Crippen LogP contribution is -2.35. The molecule has 35 heavy (non-hydrogen) atoms. The number of hydrogen-bond donors (Lipinski definition) is 3. The number of carbonyl (C=O) groups excluding carboxylic acids is 2. The first-order chi connectivity index (χ1) is 16.9. The summed E-state index contributed by atoms with van der Waals surface area (Å²) in [4.78, 5) is 28.3. The first-order valence-corrected chi connectivity index (χ1v) is 12.3. The third-order valence-electron chi connectivity index (χ3n) is 6.58. The molecule has 0 saturated carbocycles. The molecule has 3 amide bonds. The second kappa shape index (κ2) is 11.1. The summed E-state index contributed by atoms with van der Waals surface area (Å²) in [5.74, 6) is 0.533. The van der Waals surface area contributed by atoms with E-state index in [4.69, 9.17) is 0 Å². The predicted octanol–water partition coefficient (Wildman–Crippen LogP) is 6.37. The molecule has 1 heterocycles. The smallest absolute Gasteiger partial charge is 0.323 e. The Kier molecular flexibility index (Phi) is 7.70. The Balaban J connectivity index is 1.54. The van der Waals surface area contributed by atoms with Crippen molar-refractivity contribution in [1.29, 1.82) is 0 Å². The average molecular weight is 471 g/mol. The van der Waals surface area contributed by atoms with E-state index in [1.807, 2.05) is 80.6 Å². The van der Waals surface area contributed by atoms with Crippen LogP contribution < -0.4 is 20.9 Å². The molecule has 0 bridgehead atoms. The summed E-state index contributed by atoms with van der Waals surface area (Å²) in [7, 11) is 0. The molecule has 1 fully saturated rings. The van der Waals surface area contributed by atoms with Gasteiger partial charge in [-0.1, -0.05) is 55.0 Å². The summed E-state index contributed by atoms with van der Waals surface area (Å²) in [6.45, 7) is 8.07. The van der Waals surface area contributed by atoms with Crippen LogP contribution in [-0.2, 0) is 0 Å². The number of urea groups is 1. The van der Waals surface area contributed by atoms with E-state index >= 15 is 0 Å². The summed E-state index contributed by atoms with van der Waals surface area (Å²) < 4.78 is 0. The molecule has 1 saturated heterocycles. The first kappa shape index (κ1) is 24.3. The molecule has 1 aliphatic rings. The van der Waals surface area contributed by atoms with Gasteiger partial charge in [-0.15, -0.1) is 0 Å². The van der Waals surface area contributed by atoms with Crippen molar-refractivity contribution in [2.75, 3.05) is 28.6 Å². The largest absolute Gasteiger partial charge is 0.371 e. The molecule has 0 radical (unpaired) electrons. The molecule has 0 aliphatic carbocycles. The number of amides is 3. The van der Waals surface area contributed by atoms with E-state index in [1.54, 1.807) is 6.07 Å². The summed E-state index contributed by atoms with van der Waals surface area (Å²) in [5, 5.41) is 8.85. The molecule has 1 atom stereocenters. The van der Waals surface area contributed by atoms with Gasteiger partial charge in [0.05, 0.1) is 11.6 Å². The topological polar surface area (TPSA) is 73.5 Å². The third kappa shape index (κ3) is 6.41. The van der Waals surface area contributed by atoms with Gasteiger partial charge in [0.1, 0.15) is 0 Å². The van der Waals surface area contributed by atoms with Gasteiger partial charge in [0.25, 0.3) is 5.91 Å². The highest BCUT2D eigenvalue weighted by molar-refractivity contribution is 6.04. The number of hydrogen-bond acceptors (Lipinski definition) is 3. The molecule has 1 aliphatic heterocycles. The highest BCUT2D eigenvalue weighted by Gasteiger charge is 2.23. The number of anilines is 3. The highest BCUT2D eigenvalue weighted by Crippen LogP contribution is 2.29. The fraction of sp³-hybridized carbons (Fsp3) is 0.310. The maximum atomic E-state index is 13.5. The van der Waals surface area contributed by atoms with Crippen LogP contribution in [0.1, 0.15) is 54.2 Å². The van der Waals surface area contributed by atoms with Gasteiger partial charge in [-0.2, -0.15) is 0 Å². The minimum atomic E-state index is -0.350. The Morgan fingerprint density at radius 1 is 0.886 bits per heavy atom. The minimum Gasteiger partial charge on any atom is -0.371 e. The van der Waals surface area contributed by atoms with Crippen LogP contribution in [0.15, 0.2) is 72.8 Å². The SMILES string of the molecule is Cc1ccc(NC(=O)Nc2ccc(N3CCC(C)CC3)c(C(=O)NC(C)c3ccccc3)c2)cc1. The average Bonchev–Trinajstić information content (AvgIpc) is 2.86. The molecule has 182 valence electrons. The Morgan fingerprint density at radius 2 is 1.51 bits per heavy atom. The van der Waals surface area contributed by atoms with Gasteiger partial charge in [0.2, 0.25) is 0 Å². The zero-order valence-electron chi connectivity index (χ0n) is 20.7. The van der Waals surface area contributed by atoms with Crippen LogP contribution >= 0.6 is 0 Å². The highest BCUT2D eigenvalue weighted by atomic mass is 16.2. The first-order valence-electron chi connectivity index (χ1n) is 12.3. The lowest BCUT2D eigenvalue weighted by molar-refractivity contribution is 0.0940. The second-order valence-electron chi connectivity index (χ2n) is 9.45. The zero-order valence-corrected chi connectivity index (χ0v) is 20.7. The monoisotopic (exact) mass is 470 g/mol. The maximum absolute atomic E-state index is 13.5. The van der Waals surface area contributed by atoms with Gasteiger partial charge in [-0.3, -0.25) is 4.79 Å². The van der Waals surface area contributed by atoms with E-state index in [0.717, 1.165) is 42.7 Å². The van der Waals surface area contributed by atoms with E-state index < -0.39 is 0 Å². The molecule has 0 spiro atoms. The zero-order chi connectivity index (χ0) is 24.8. The summed E-state index contributed by atoms with van der Waals surface area (Å²) in [5.41, 5.74) is 4.91. The van der Waals surface area contributed by atoms with Crippen LogP contribution in [-0.4, -0.2) is 25.0 Å². The fourth-order valence-electron chi connectivity index (χ4n) is 4.35. The number of aryl methyl sites for hydroxylation is 1. The molecule has 6 heteroatoms. The summed E-state index contributed by atoms with van der Waals surface area (Å²) in [6.07, 6.45) is 2.20. The number of rotatable bonds is 6. The number of nitrogens with one attached hydrogen (secondary N) is 3. The fourth-order valence-corrected chi connectivity index (χ4v) is 4.35. The van der Waals surface area contributed by atoms with Crippen LogP contribution in [0.2, 0.25) is 0 Å². The second-order valence-corrected chi connectivity index (χ2v) is 9.45. The van der Waals surface area contributed by atoms with Crippen molar-refractivity contribution in [2.24, 2.45) is 5.92 Å². The predicted molar refractivity (Wildman–Crippen MR) is 143 cm³/mol. The van der Waals surface area contributed by atoms with Crippen molar-refractivity contribution >= 4 is 29.0 Å². The number of carbonyl (C=O) groups is 2. The molecule has 3 aromatic carbocycles. The molecular weight excluding hydrogens is 436 g/mol. The van der Waals surface area contributed by atoms with Crippen LogP contribution in [0.5, 0.6) is 0 Å². The number of benzene rings is 3. The number of nitrogens with zero attached hydrogens (tertiary/aromatic N) is 1. The van der Waals surface area contributed by atoms with Crippen LogP contribution in [0, 0.1) is 12.8 Å². The van der Waals surface area contributed by atoms with Gasteiger partial charge in [0.15, 0.2) is 0 Å². The molecule has 1 unspecified atom stereocenters. The van der Waals surface area contributed by atoms with E-state index in [9.17, 15) is 9.59 Å². The van der Waals surface area contributed by atoms with E-state index in [1.165, 1.54) is 0 Å². The third-order valence-corrected chi connectivity index (χ3v) is 6.58. The Bertz CT molecular complexity index is 1150. The van der Waals surface area contributed by atoms with E-state index in [2.05, 4.69) is 27.8 Å². The van der Waals surface area contributed by atoms with Crippen molar-refractivity contribution < 1.29 is 9.59 Å². The van der Waals surface area contributed by atoms with Crippen LogP contribution in [0.4, 0.5) is 21.9 Å². The lowest BCUT2D eigenvalue weighted by Gasteiger charge is -2.33. The van der Waals surface area contributed by atoms with Crippen molar-refractivity contribution in [3.8, 4) is 0 Å². The van der Waals surface area contributed by atoms with Crippen molar-refractivity contribution in [3.63, 3.8) is 0 Å². The Labute approximate surface area is 207 Å². The Morgan fingerprint density at radius 3 is 2.20 bits per heavy atom. The van der Waals surface area contributed by atoms with Gasteiger partial charge in [-0.25, -0.2) is 4.79 Å².